The van der Waals surface area contributed by atoms with Crippen molar-refractivity contribution in [2.75, 3.05) is 26.2 Å². The van der Waals surface area contributed by atoms with E-state index in [1.54, 1.807) is 12.1 Å². The SMILES string of the molecule is CC(=O)NCCOC(c1cccc(Cl)c1F)[C@@H]1CCCNC1. The van der Waals surface area contributed by atoms with Gasteiger partial charge in [-0.3, -0.25) is 4.79 Å². The van der Waals surface area contributed by atoms with Gasteiger partial charge in [-0.25, -0.2) is 4.39 Å². The number of carbonyl (C=O) groups excluding carboxylic acids is 1. The van der Waals surface area contributed by atoms with Gasteiger partial charge in [0.1, 0.15) is 5.82 Å². The van der Waals surface area contributed by atoms with Gasteiger partial charge in [0.05, 0.1) is 17.7 Å². The Morgan fingerprint density at radius 2 is 2.41 bits per heavy atom. The van der Waals surface area contributed by atoms with E-state index in [0.29, 0.717) is 18.7 Å². The van der Waals surface area contributed by atoms with Crippen molar-refractivity contribution in [2.45, 2.75) is 25.9 Å². The summed E-state index contributed by atoms with van der Waals surface area (Å²) in [5.41, 5.74) is 0.490. The van der Waals surface area contributed by atoms with Crippen LogP contribution in [0.2, 0.25) is 5.02 Å². The quantitative estimate of drug-likeness (QED) is 0.789. The van der Waals surface area contributed by atoms with Gasteiger partial charge >= 0.3 is 0 Å². The molecule has 2 N–H and O–H groups in total. The van der Waals surface area contributed by atoms with E-state index in [1.807, 2.05) is 0 Å². The van der Waals surface area contributed by atoms with Crippen LogP contribution < -0.4 is 10.6 Å². The molecule has 22 heavy (non-hydrogen) atoms. The molecule has 0 aliphatic carbocycles. The van der Waals surface area contributed by atoms with E-state index < -0.39 is 5.82 Å². The van der Waals surface area contributed by atoms with Gasteiger partial charge in [0.2, 0.25) is 5.91 Å². The van der Waals surface area contributed by atoms with E-state index in [1.165, 1.54) is 13.0 Å². The Bertz CT molecular complexity index is 507. The molecule has 0 aromatic heterocycles. The molecule has 2 rings (SSSR count). The van der Waals surface area contributed by atoms with Gasteiger partial charge in [0, 0.05) is 31.5 Å². The third-order valence-corrected chi connectivity index (χ3v) is 4.12. The molecule has 2 atom stereocenters. The van der Waals surface area contributed by atoms with E-state index in [9.17, 15) is 9.18 Å². The smallest absolute Gasteiger partial charge is 0.216 e. The maximum atomic E-state index is 14.3. The fourth-order valence-electron chi connectivity index (χ4n) is 2.77. The number of carbonyl (C=O) groups is 1. The van der Waals surface area contributed by atoms with E-state index in [0.717, 1.165) is 25.9 Å². The Morgan fingerprint density at radius 1 is 1.59 bits per heavy atom. The molecule has 0 spiro atoms. The van der Waals surface area contributed by atoms with Crippen LogP contribution in [0.15, 0.2) is 18.2 Å². The van der Waals surface area contributed by atoms with Crippen LogP contribution in [0.4, 0.5) is 4.39 Å². The van der Waals surface area contributed by atoms with Crippen molar-refractivity contribution in [3.63, 3.8) is 0 Å². The fourth-order valence-corrected chi connectivity index (χ4v) is 2.95. The van der Waals surface area contributed by atoms with E-state index in [2.05, 4.69) is 10.6 Å². The summed E-state index contributed by atoms with van der Waals surface area (Å²) in [6.07, 6.45) is 1.66. The minimum atomic E-state index is -0.417. The summed E-state index contributed by atoms with van der Waals surface area (Å²) in [4.78, 5) is 10.9. The van der Waals surface area contributed by atoms with Gasteiger partial charge in [-0.1, -0.05) is 23.7 Å². The zero-order valence-corrected chi connectivity index (χ0v) is 13.5. The number of hydrogen-bond donors (Lipinski definition) is 2. The molecule has 1 fully saturated rings. The zero-order valence-electron chi connectivity index (χ0n) is 12.7. The summed E-state index contributed by atoms with van der Waals surface area (Å²) < 4.78 is 20.2. The molecule has 0 saturated carbocycles. The predicted molar refractivity (Wildman–Crippen MR) is 84.4 cm³/mol. The topological polar surface area (TPSA) is 50.4 Å². The van der Waals surface area contributed by atoms with Gasteiger partial charge in [0.15, 0.2) is 0 Å². The first-order valence-corrected chi connectivity index (χ1v) is 7.98. The Morgan fingerprint density at radius 3 is 3.09 bits per heavy atom. The number of hydrogen-bond acceptors (Lipinski definition) is 3. The number of piperidine rings is 1. The molecule has 4 nitrogen and oxygen atoms in total. The Hall–Kier alpha value is -1.17. The van der Waals surface area contributed by atoms with Gasteiger partial charge < -0.3 is 15.4 Å². The van der Waals surface area contributed by atoms with Crippen molar-refractivity contribution in [1.82, 2.24) is 10.6 Å². The van der Waals surface area contributed by atoms with Crippen molar-refractivity contribution in [1.29, 1.82) is 0 Å². The summed E-state index contributed by atoms with van der Waals surface area (Å²) in [6, 6.07) is 4.99. The lowest BCUT2D eigenvalue weighted by Crippen LogP contribution is -2.35. The van der Waals surface area contributed by atoms with Gasteiger partial charge in [-0.15, -0.1) is 0 Å². The molecular formula is C16H22ClFN2O2. The van der Waals surface area contributed by atoms with Crippen LogP contribution in [0.1, 0.15) is 31.4 Å². The van der Waals surface area contributed by atoms with E-state index >= 15 is 0 Å². The molecule has 1 saturated heterocycles. The minimum absolute atomic E-state index is 0.103. The Kier molecular flexibility index (Phi) is 6.61. The third-order valence-electron chi connectivity index (χ3n) is 3.82. The van der Waals surface area contributed by atoms with Crippen LogP contribution in [-0.4, -0.2) is 32.1 Å². The lowest BCUT2D eigenvalue weighted by Gasteiger charge is -2.31. The molecule has 1 aromatic carbocycles. The van der Waals surface area contributed by atoms with Crippen molar-refractivity contribution in [2.24, 2.45) is 5.92 Å². The summed E-state index contributed by atoms with van der Waals surface area (Å²) in [5, 5.41) is 6.11. The second-order valence-corrected chi connectivity index (χ2v) is 5.93. The molecule has 1 heterocycles. The molecule has 1 aromatic rings. The number of nitrogens with one attached hydrogen (secondary N) is 2. The predicted octanol–water partition coefficient (Wildman–Crippen LogP) is 2.67. The summed E-state index contributed by atoms with van der Waals surface area (Å²) in [6.45, 7) is 3.98. The Labute approximate surface area is 135 Å². The Balaban J connectivity index is 2.10. The second kappa shape index (κ2) is 8.46. The van der Waals surface area contributed by atoms with Gasteiger partial charge in [-0.05, 0) is 25.5 Å². The average Bonchev–Trinajstić information content (AvgIpc) is 2.51. The number of rotatable bonds is 6. The molecule has 0 bridgehead atoms. The molecule has 1 aliphatic heterocycles. The standard InChI is InChI=1S/C16H22ClFN2O2/c1-11(21)20-8-9-22-16(12-4-3-7-19-10-12)13-5-2-6-14(17)15(13)18/h2,5-6,12,16,19H,3-4,7-10H2,1H3,(H,20,21)/t12-,16?/m1/s1. The largest absolute Gasteiger partial charge is 0.371 e. The van der Waals surface area contributed by atoms with Crippen molar-refractivity contribution >= 4 is 17.5 Å². The molecule has 0 radical (unpaired) electrons. The molecule has 122 valence electrons. The van der Waals surface area contributed by atoms with Gasteiger partial charge in [0.25, 0.3) is 0 Å². The lowest BCUT2D eigenvalue weighted by atomic mass is 9.89. The first-order chi connectivity index (χ1) is 10.6. The monoisotopic (exact) mass is 328 g/mol. The number of ether oxygens (including phenoxy) is 1. The van der Waals surface area contributed by atoms with Crippen LogP contribution in [0, 0.1) is 11.7 Å². The van der Waals surface area contributed by atoms with Crippen LogP contribution in [0.3, 0.4) is 0 Å². The first-order valence-electron chi connectivity index (χ1n) is 7.60. The fraction of sp³-hybridized carbons (Fsp3) is 0.562. The highest BCUT2D eigenvalue weighted by Gasteiger charge is 2.28. The van der Waals surface area contributed by atoms with Crippen LogP contribution in [-0.2, 0) is 9.53 Å². The number of amides is 1. The highest BCUT2D eigenvalue weighted by molar-refractivity contribution is 6.30. The maximum absolute atomic E-state index is 14.3. The third kappa shape index (κ3) is 4.66. The van der Waals surface area contributed by atoms with Crippen molar-refractivity contribution in [3.05, 3.63) is 34.6 Å². The molecule has 1 unspecified atom stereocenters. The highest BCUT2D eigenvalue weighted by atomic mass is 35.5. The summed E-state index contributed by atoms with van der Waals surface area (Å²) in [7, 11) is 0. The normalized spacial score (nSPS) is 19.7. The lowest BCUT2D eigenvalue weighted by molar-refractivity contribution is -0.119. The average molecular weight is 329 g/mol. The van der Waals surface area contributed by atoms with Gasteiger partial charge in [-0.2, -0.15) is 0 Å². The van der Waals surface area contributed by atoms with E-state index in [4.69, 9.17) is 16.3 Å². The van der Waals surface area contributed by atoms with Crippen molar-refractivity contribution < 1.29 is 13.9 Å². The van der Waals surface area contributed by atoms with Crippen molar-refractivity contribution in [3.8, 4) is 0 Å². The molecule has 1 amide bonds. The maximum Gasteiger partial charge on any atom is 0.216 e. The summed E-state index contributed by atoms with van der Waals surface area (Å²) in [5.74, 6) is -0.327. The molecular weight excluding hydrogens is 307 g/mol. The second-order valence-electron chi connectivity index (χ2n) is 5.52. The molecule has 1 aliphatic rings. The number of halogens is 2. The molecule has 6 heteroatoms. The first kappa shape index (κ1) is 17.2. The van der Waals surface area contributed by atoms with E-state index in [-0.39, 0.29) is 23.0 Å². The summed E-state index contributed by atoms with van der Waals surface area (Å²) >= 11 is 5.90. The van der Waals surface area contributed by atoms with Crippen LogP contribution in [0.5, 0.6) is 0 Å². The highest BCUT2D eigenvalue weighted by Crippen LogP contribution is 2.34. The van der Waals surface area contributed by atoms with Crippen LogP contribution in [0.25, 0.3) is 0 Å². The van der Waals surface area contributed by atoms with Crippen LogP contribution >= 0.6 is 11.6 Å². The number of benzene rings is 1. The minimum Gasteiger partial charge on any atom is -0.371 e. The zero-order chi connectivity index (χ0) is 15.9.